The first-order chi connectivity index (χ1) is 8.25. The molecule has 2 aromatic rings. The SMILES string of the molecule is CN(Cc1csc2ccccc12)C1CCC1O. The first-order valence-electron chi connectivity index (χ1n) is 6.09. The lowest BCUT2D eigenvalue weighted by Gasteiger charge is -2.39. The molecule has 0 spiro atoms. The van der Waals surface area contributed by atoms with Crippen LogP contribution in [0.1, 0.15) is 18.4 Å². The summed E-state index contributed by atoms with van der Waals surface area (Å²) in [4.78, 5) is 2.28. The Balaban J connectivity index is 1.80. The topological polar surface area (TPSA) is 23.5 Å². The van der Waals surface area contributed by atoms with Crippen molar-refractivity contribution in [1.82, 2.24) is 4.90 Å². The smallest absolute Gasteiger partial charge is 0.0696 e. The second kappa shape index (κ2) is 4.41. The van der Waals surface area contributed by atoms with E-state index in [9.17, 15) is 5.11 Å². The van der Waals surface area contributed by atoms with E-state index in [0.717, 1.165) is 19.4 Å². The third-order valence-corrected chi connectivity index (χ3v) is 4.76. The van der Waals surface area contributed by atoms with Gasteiger partial charge in [-0.25, -0.2) is 0 Å². The molecule has 1 N–H and O–H groups in total. The highest BCUT2D eigenvalue weighted by Crippen LogP contribution is 2.30. The minimum absolute atomic E-state index is 0.120. The van der Waals surface area contributed by atoms with E-state index in [1.165, 1.54) is 15.6 Å². The third-order valence-electron chi connectivity index (χ3n) is 3.75. The predicted molar refractivity (Wildman–Crippen MR) is 72.3 cm³/mol. The van der Waals surface area contributed by atoms with Gasteiger partial charge < -0.3 is 5.11 Å². The second-order valence-electron chi connectivity index (χ2n) is 4.88. The van der Waals surface area contributed by atoms with Gasteiger partial charge in [-0.05, 0) is 42.3 Å². The minimum atomic E-state index is -0.120. The monoisotopic (exact) mass is 247 g/mol. The largest absolute Gasteiger partial charge is 0.391 e. The summed E-state index contributed by atoms with van der Waals surface area (Å²) in [6, 6.07) is 8.89. The molecule has 3 rings (SSSR count). The molecule has 2 unspecified atom stereocenters. The highest BCUT2D eigenvalue weighted by molar-refractivity contribution is 7.17. The van der Waals surface area contributed by atoms with Crippen molar-refractivity contribution < 1.29 is 5.11 Å². The zero-order chi connectivity index (χ0) is 11.8. The molecule has 3 heteroatoms. The van der Waals surface area contributed by atoms with E-state index in [4.69, 9.17) is 0 Å². The Kier molecular flexibility index (Phi) is 2.90. The van der Waals surface area contributed by atoms with Crippen LogP contribution in [0.3, 0.4) is 0 Å². The number of aliphatic hydroxyl groups excluding tert-OH is 1. The molecular formula is C14H17NOS. The summed E-state index contributed by atoms with van der Waals surface area (Å²) in [5.41, 5.74) is 1.38. The summed E-state index contributed by atoms with van der Waals surface area (Å²) in [5, 5.41) is 13.3. The van der Waals surface area contributed by atoms with Gasteiger partial charge in [-0.2, -0.15) is 0 Å². The molecule has 0 aliphatic heterocycles. The van der Waals surface area contributed by atoms with Crippen LogP contribution in [0.4, 0.5) is 0 Å². The number of rotatable bonds is 3. The van der Waals surface area contributed by atoms with Crippen LogP contribution < -0.4 is 0 Å². The number of fused-ring (bicyclic) bond motifs is 1. The maximum atomic E-state index is 9.68. The Hall–Kier alpha value is -0.900. The Bertz CT molecular complexity index is 522. The second-order valence-corrected chi connectivity index (χ2v) is 5.80. The van der Waals surface area contributed by atoms with E-state index >= 15 is 0 Å². The van der Waals surface area contributed by atoms with Gasteiger partial charge in [0.25, 0.3) is 0 Å². The Morgan fingerprint density at radius 2 is 2.18 bits per heavy atom. The van der Waals surface area contributed by atoms with Crippen LogP contribution in [-0.2, 0) is 6.54 Å². The van der Waals surface area contributed by atoms with Crippen LogP contribution in [-0.4, -0.2) is 29.2 Å². The first kappa shape index (κ1) is 11.2. The van der Waals surface area contributed by atoms with Gasteiger partial charge in [0, 0.05) is 17.3 Å². The number of likely N-dealkylation sites (N-methyl/N-ethyl adjacent to an activating group) is 1. The van der Waals surface area contributed by atoms with Crippen molar-refractivity contribution in [3.8, 4) is 0 Å². The van der Waals surface area contributed by atoms with Gasteiger partial charge in [-0.15, -0.1) is 11.3 Å². The van der Waals surface area contributed by atoms with Gasteiger partial charge in [-0.3, -0.25) is 4.90 Å². The first-order valence-corrected chi connectivity index (χ1v) is 6.97. The number of hydrogen-bond donors (Lipinski definition) is 1. The highest BCUT2D eigenvalue weighted by atomic mass is 32.1. The fourth-order valence-corrected chi connectivity index (χ4v) is 3.47. The summed E-state index contributed by atoms with van der Waals surface area (Å²) in [6.07, 6.45) is 1.96. The number of thiophene rings is 1. The Labute approximate surface area is 105 Å². The molecule has 0 bridgehead atoms. The molecule has 2 nitrogen and oxygen atoms in total. The lowest BCUT2D eigenvalue weighted by molar-refractivity contribution is -0.0128. The molecule has 1 fully saturated rings. The van der Waals surface area contributed by atoms with E-state index < -0.39 is 0 Å². The molecule has 1 heterocycles. The van der Waals surface area contributed by atoms with Crippen molar-refractivity contribution in [2.24, 2.45) is 0 Å². The lowest BCUT2D eigenvalue weighted by atomic mass is 9.88. The summed E-state index contributed by atoms with van der Waals surface area (Å²) >= 11 is 1.80. The molecule has 1 aromatic heterocycles. The number of aliphatic hydroxyl groups is 1. The number of hydrogen-bond acceptors (Lipinski definition) is 3. The van der Waals surface area contributed by atoms with Crippen LogP contribution >= 0.6 is 11.3 Å². The fourth-order valence-electron chi connectivity index (χ4n) is 2.52. The molecule has 1 saturated carbocycles. The third kappa shape index (κ3) is 1.99. The number of benzene rings is 1. The van der Waals surface area contributed by atoms with Gasteiger partial charge in [-0.1, -0.05) is 18.2 Å². The minimum Gasteiger partial charge on any atom is -0.391 e. The van der Waals surface area contributed by atoms with E-state index in [1.807, 2.05) is 0 Å². The standard InChI is InChI=1S/C14H17NOS/c1-15(12-6-7-13(12)16)8-10-9-17-14-5-3-2-4-11(10)14/h2-5,9,12-13,16H,6-8H2,1H3. The van der Waals surface area contributed by atoms with Crippen LogP contribution in [0, 0.1) is 0 Å². The molecule has 1 aliphatic rings. The molecule has 1 aliphatic carbocycles. The van der Waals surface area contributed by atoms with Gasteiger partial charge in [0.2, 0.25) is 0 Å². The van der Waals surface area contributed by atoms with Gasteiger partial charge in [0.15, 0.2) is 0 Å². The zero-order valence-corrected chi connectivity index (χ0v) is 10.8. The number of nitrogens with zero attached hydrogens (tertiary/aromatic N) is 1. The van der Waals surface area contributed by atoms with Crippen LogP contribution in [0.2, 0.25) is 0 Å². The van der Waals surface area contributed by atoms with Crippen molar-refractivity contribution in [1.29, 1.82) is 0 Å². The molecule has 17 heavy (non-hydrogen) atoms. The molecule has 90 valence electrons. The normalized spacial score (nSPS) is 24.2. The molecule has 0 radical (unpaired) electrons. The Morgan fingerprint density at radius 1 is 1.35 bits per heavy atom. The van der Waals surface area contributed by atoms with Gasteiger partial charge >= 0.3 is 0 Å². The maximum absolute atomic E-state index is 9.68. The fraction of sp³-hybridized carbons (Fsp3) is 0.429. The highest BCUT2D eigenvalue weighted by Gasteiger charge is 2.32. The average Bonchev–Trinajstić information content (AvgIpc) is 2.71. The van der Waals surface area contributed by atoms with Crippen molar-refractivity contribution in [2.75, 3.05) is 7.05 Å². The van der Waals surface area contributed by atoms with Gasteiger partial charge in [0.05, 0.1) is 6.10 Å². The van der Waals surface area contributed by atoms with Crippen molar-refractivity contribution in [3.63, 3.8) is 0 Å². The van der Waals surface area contributed by atoms with E-state index in [-0.39, 0.29) is 6.10 Å². The van der Waals surface area contributed by atoms with Crippen LogP contribution in [0.15, 0.2) is 29.6 Å². The summed E-state index contributed by atoms with van der Waals surface area (Å²) in [5.74, 6) is 0. The van der Waals surface area contributed by atoms with E-state index in [1.54, 1.807) is 11.3 Å². The van der Waals surface area contributed by atoms with E-state index in [2.05, 4.69) is 41.6 Å². The molecule has 0 saturated heterocycles. The summed E-state index contributed by atoms with van der Waals surface area (Å²) < 4.78 is 1.35. The molecule has 0 amide bonds. The molecule has 2 atom stereocenters. The predicted octanol–water partition coefficient (Wildman–Crippen LogP) is 2.86. The van der Waals surface area contributed by atoms with Crippen molar-refractivity contribution in [2.45, 2.75) is 31.5 Å². The molecular weight excluding hydrogens is 230 g/mol. The zero-order valence-electron chi connectivity index (χ0n) is 9.97. The lowest BCUT2D eigenvalue weighted by Crippen LogP contribution is -2.48. The molecule has 1 aromatic carbocycles. The van der Waals surface area contributed by atoms with Crippen LogP contribution in [0.5, 0.6) is 0 Å². The van der Waals surface area contributed by atoms with Crippen molar-refractivity contribution >= 4 is 21.4 Å². The van der Waals surface area contributed by atoms with E-state index in [0.29, 0.717) is 6.04 Å². The maximum Gasteiger partial charge on any atom is 0.0696 e. The van der Waals surface area contributed by atoms with Gasteiger partial charge in [0.1, 0.15) is 0 Å². The Morgan fingerprint density at radius 3 is 2.88 bits per heavy atom. The van der Waals surface area contributed by atoms with Crippen molar-refractivity contribution in [3.05, 3.63) is 35.2 Å². The van der Waals surface area contributed by atoms with Crippen LogP contribution in [0.25, 0.3) is 10.1 Å². The average molecular weight is 247 g/mol. The summed E-state index contributed by atoms with van der Waals surface area (Å²) in [7, 11) is 2.11. The quantitative estimate of drug-likeness (QED) is 0.901. The summed E-state index contributed by atoms with van der Waals surface area (Å²) in [6.45, 7) is 0.936.